The van der Waals surface area contributed by atoms with Crippen LogP contribution < -0.4 is 10.1 Å². The van der Waals surface area contributed by atoms with Gasteiger partial charge in [0.2, 0.25) is 0 Å². The van der Waals surface area contributed by atoms with Gasteiger partial charge in [-0.25, -0.2) is 0 Å². The fourth-order valence-corrected chi connectivity index (χ4v) is 1.86. The van der Waals surface area contributed by atoms with Crippen LogP contribution in [0.3, 0.4) is 0 Å². The Balaban J connectivity index is 2.14. The Kier molecular flexibility index (Phi) is 4.34. The highest BCUT2D eigenvalue weighted by molar-refractivity contribution is 5.31. The van der Waals surface area contributed by atoms with Crippen molar-refractivity contribution >= 4 is 0 Å². The third kappa shape index (κ3) is 4.13. The van der Waals surface area contributed by atoms with Crippen molar-refractivity contribution in [3.8, 4) is 5.75 Å². The van der Waals surface area contributed by atoms with Crippen LogP contribution in [0, 0.1) is 0 Å². The normalized spacial score (nSPS) is 17.3. The van der Waals surface area contributed by atoms with Gasteiger partial charge < -0.3 is 10.1 Å². The van der Waals surface area contributed by atoms with Crippen LogP contribution in [0.25, 0.3) is 0 Å². The molecule has 0 saturated heterocycles. The lowest BCUT2D eigenvalue weighted by molar-refractivity contribution is -0.157. The predicted molar refractivity (Wildman–Crippen MR) is 67.2 cm³/mol. The van der Waals surface area contributed by atoms with Crippen LogP contribution in [0.2, 0.25) is 0 Å². The summed E-state index contributed by atoms with van der Waals surface area (Å²) in [6.45, 7) is 2.17. The molecule has 0 spiro atoms. The summed E-state index contributed by atoms with van der Waals surface area (Å²) in [5.74, 6) is 0.521. The summed E-state index contributed by atoms with van der Waals surface area (Å²) < 4.78 is 44.6. The highest BCUT2D eigenvalue weighted by Gasteiger charge is 2.40. The van der Waals surface area contributed by atoms with Gasteiger partial charge in [-0.2, -0.15) is 13.2 Å². The number of hydrogen-bond donors (Lipinski definition) is 1. The number of ether oxygens (including phenoxy) is 1. The zero-order valence-corrected chi connectivity index (χ0v) is 10.8. The van der Waals surface area contributed by atoms with Gasteiger partial charge in [0.15, 0.2) is 0 Å². The molecule has 2 rings (SSSR count). The van der Waals surface area contributed by atoms with Crippen LogP contribution in [-0.4, -0.2) is 18.8 Å². The highest BCUT2D eigenvalue weighted by Crippen LogP contribution is 2.35. The molecule has 1 aliphatic carbocycles. The Hall–Kier alpha value is -1.23. The first-order valence-corrected chi connectivity index (χ1v) is 6.57. The summed E-state index contributed by atoms with van der Waals surface area (Å²) in [5.41, 5.74) is 0.208. The summed E-state index contributed by atoms with van der Waals surface area (Å²) >= 11 is 0. The second-order valence-corrected chi connectivity index (χ2v) is 4.82. The van der Waals surface area contributed by atoms with Crippen molar-refractivity contribution in [2.45, 2.75) is 44.5 Å². The van der Waals surface area contributed by atoms with Crippen LogP contribution in [0.1, 0.15) is 37.8 Å². The second kappa shape index (κ2) is 5.82. The third-order valence-electron chi connectivity index (χ3n) is 2.94. The van der Waals surface area contributed by atoms with Crippen LogP contribution in [0.4, 0.5) is 13.2 Å². The molecule has 106 valence electrons. The van der Waals surface area contributed by atoms with E-state index in [4.69, 9.17) is 4.74 Å². The van der Waals surface area contributed by atoms with Crippen LogP contribution >= 0.6 is 0 Å². The van der Waals surface area contributed by atoms with E-state index in [1.165, 1.54) is 12.1 Å². The van der Waals surface area contributed by atoms with Crippen molar-refractivity contribution in [1.82, 2.24) is 5.32 Å². The van der Waals surface area contributed by atoms with Crippen LogP contribution in [0.5, 0.6) is 5.75 Å². The quantitative estimate of drug-likeness (QED) is 0.850. The summed E-state index contributed by atoms with van der Waals surface area (Å²) in [6.07, 6.45) is -1.48. The molecular formula is C14H18F3NO. The van der Waals surface area contributed by atoms with Crippen molar-refractivity contribution < 1.29 is 17.9 Å². The lowest BCUT2D eigenvalue weighted by Gasteiger charge is -2.22. The lowest BCUT2D eigenvalue weighted by Crippen LogP contribution is -2.34. The zero-order valence-electron chi connectivity index (χ0n) is 10.8. The van der Waals surface area contributed by atoms with E-state index < -0.39 is 12.2 Å². The minimum absolute atomic E-state index is 0.184. The molecule has 1 unspecified atom stereocenters. The van der Waals surface area contributed by atoms with Gasteiger partial charge in [0, 0.05) is 0 Å². The summed E-state index contributed by atoms with van der Waals surface area (Å²) in [5, 5.41) is 2.54. The maximum atomic E-state index is 13.0. The first-order valence-electron chi connectivity index (χ1n) is 6.57. The van der Waals surface area contributed by atoms with Crippen molar-refractivity contribution in [2.75, 3.05) is 6.54 Å². The van der Waals surface area contributed by atoms with E-state index in [9.17, 15) is 13.2 Å². The number of halogens is 3. The van der Waals surface area contributed by atoms with Crippen LogP contribution in [-0.2, 0) is 0 Å². The molecule has 5 heteroatoms. The van der Waals surface area contributed by atoms with Gasteiger partial charge in [-0.15, -0.1) is 0 Å². The van der Waals surface area contributed by atoms with Gasteiger partial charge in [-0.05, 0) is 43.5 Å². The number of hydrogen-bond acceptors (Lipinski definition) is 2. The largest absolute Gasteiger partial charge is 0.490 e. The van der Waals surface area contributed by atoms with Gasteiger partial charge in [0.1, 0.15) is 11.8 Å². The predicted octanol–water partition coefficient (Wildman–Crippen LogP) is 3.83. The fraction of sp³-hybridized carbons (Fsp3) is 0.571. The average molecular weight is 273 g/mol. The van der Waals surface area contributed by atoms with E-state index in [1.54, 1.807) is 12.1 Å². The maximum absolute atomic E-state index is 13.0. The summed E-state index contributed by atoms with van der Waals surface area (Å²) in [6, 6.07) is 4.66. The van der Waals surface area contributed by atoms with Gasteiger partial charge in [-0.3, -0.25) is 0 Å². The summed E-state index contributed by atoms with van der Waals surface area (Å²) in [7, 11) is 0. The van der Waals surface area contributed by atoms with E-state index >= 15 is 0 Å². The molecule has 0 amide bonds. The molecule has 0 heterocycles. The smallest absolute Gasteiger partial charge is 0.407 e. The minimum Gasteiger partial charge on any atom is -0.490 e. The molecule has 0 bridgehead atoms. The minimum atomic E-state index is -4.30. The molecule has 1 fully saturated rings. The Morgan fingerprint density at radius 2 is 2.11 bits per heavy atom. The van der Waals surface area contributed by atoms with Gasteiger partial charge in [-0.1, -0.05) is 19.1 Å². The Labute approximate surface area is 111 Å². The van der Waals surface area contributed by atoms with Crippen molar-refractivity contribution in [3.05, 3.63) is 29.8 Å². The van der Waals surface area contributed by atoms with E-state index in [0.717, 1.165) is 12.8 Å². The Morgan fingerprint density at radius 3 is 2.68 bits per heavy atom. The van der Waals surface area contributed by atoms with Crippen molar-refractivity contribution in [2.24, 2.45) is 0 Å². The zero-order chi connectivity index (χ0) is 13.9. The van der Waals surface area contributed by atoms with Crippen molar-refractivity contribution in [3.63, 3.8) is 0 Å². The molecule has 0 aliphatic heterocycles. The molecule has 0 aromatic heterocycles. The number of nitrogens with one attached hydrogen (secondary N) is 1. The molecule has 1 aliphatic rings. The molecule has 0 radical (unpaired) electrons. The fourth-order valence-electron chi connectivity index (χ4n) is 1.86. The number of rotatable bonds is 6. The molecule has 1 saturated carbocycles. The lowest BCUT2D eigenvalue weighted by atomic mass is 10.1. The number of benzene rings is 1. The Morgan fingerprint density at radius 1 is 1.37 bits per heavy atom. The molecule has 1 aromatic rings. The van der Waals surface area contributed by atoms with Gasteiger partial charge in [0.25, 0.3) is 0 Å². The standard InChI is InChI=1S/C14H18F3NO/c1-2-8-18-13(14(15,16)17)10-4-3-5-12(9-10)19-11-6-7-11/h3-5,9,11,13,18H,2,6-8H2,1H3. The Bertz CT molecular complexity index is 415. The SMILES string of the molecule is CCCNC(c1cccc(OC2CC2)c1)C(F)(F)F. The van der Waals surface area contributed by atoms with E-state index in [-0.39, 0.29) is 11.7 Å². The van der Waals surface area contributed by atoms with Gasteiger partial charge in [0.05, 0.1) is 6.10 Å². The first kappa shape index (κ1) is 14.2. The first-order chi connectivity index (χ1) is 9.00. The monoisotopic (exact) mass is 273 g/mol. The molecule has 19 heavy (non-hydrogen) atoms. The molecular weight excluding hydrogens is 255 g/mol. The van der Waals surface area contributed by atoms with Gasteiger partial charge >= 0.3 is 6.18 Å². The maximum Gasteiger partial charge on any atom is 0.407 e. The molecule has 2 nitrogen and oxygen atoms in total. The van der Waals surface area contributed by atoms with E-state index in [2.05, 4.69) is 5.32 Å². The second-order valence-electron chi connectivity index (χ2n) is 4.82. The average Bonchev–Trinajstić information content (AvgIpc) is 3.12. The van der Waals surface area contributed by atoms with E-state index in [0.29, 0.717) is 18.7 Å². The topological polar surface area (TPSA) is 21.3 Å². The number of alkyl halides is 3. The van der Waals surface area contributed by atoms with Crippen LogP contribution in [0.15, 0.2) is 24.3 Å². The van der Waals surface area contributed by atoms with Crippen molar-refractivity contribution in [1.29, 1.82) is 0 Å². The molecule has 1 aromatic carbocycles. The third-order valence-corrected chi connectivity index (χ3v) is 2.94. The molecule has 1 atom stereocenters. The summed E-state index contributed by atoms with van der Waals surface area (Å²) in [4.78, 5) is 0. The highest BCUT2D eigenvalue weighted by atomic mass is 19.4. The molecule has 1 N–H and O–H groups in total. The van der Waals surface area contributed by atoms with E-state index in [1.807, 2.05) is 6.92 Å².